The molecular formula is C27H20N2O4S3. The van der Waals surface area contributed by atoms with E-state index < -0.39 is 10.0 Å². The zero-order valence-corrected chi connectivity index (χ0v) is 21.6. The highest BCUT2D eigenvalue weighted by Crippen LogP contribution is 2.45. The second-order valence-corrected chi connectivity index (χ2v) is 11.6. The fraction of sp³-hybridized carbons (Fsp3) is 0.111. The van der Waals surface area contributed by atoms with E-state index in [0.717, 1.165) is 21.4 Å². The summed E-state index contributed by atoms with van der Waals surface area (Å²) in [4.78, 5) is 12.9. The molecule has 36 heavy (non-hydrogen) atoms. The SMILES string of the molecule is COC(=O)CCc1ccc(S(=O)(=O)n2c(-c3cccs3)c(-c3ccsc3C#N)c3ccccc32)cc1. The molecule has 5 aromatic rings. The minimum absolute atomic E-state index is 0.139. The Morgan fingerprint density at radius 2 is 1.78 bits per heavy atom. The average Bonchev–Trinajstić information content (AvgIpc) is 3.65. The lowest BCUT2D eigenvalue weighted by atomic mass is 10.0. The quantitative estimate of drug-likeness (QED) is 0.229. The molecule has 0 fully saturated rings. The molecule has 0 saturated carbocycles. The summed E-state index contributed by atoms with van der Waals surface area (Å²) in [5.41, 5.74) is 3.36. The molecule has 0 saturated heterocycles. The van der Waals surface area contributed by atoms with Crippen molar-refractivity contribution in [1.82, 2.24) is 3.97 Å². The van der Waals surface area contributed by atoms with Gasteiger partial charge in [-0.05, 0) is 53.1 Å². The Hall–Kier alpha value is -3.71. The maximum atomic E-state index is 14.2. The number of fused-ring (bicyclic) bond motifs is 1. The van der Waals surface area contributed by atoms with Gasteiger partial charge in [0, 0.05) is 22.9 Å². The summed E-state index contributed by atoms with van der Waals surface area (Å²) in [6.07, 6.45) is 0.678. The van der Waals surface area contributed by atoms with Gasteiger partial charge < -0.3 is 4.74 Å². The Labute approximate surface area is 216 Å². The number of benzene rings is 2. The first-order chi connectivity index (χ1) is 17.5. The summed E-state index contributed by atoms with van der Waals surface area (Å²) in [5, 5.41) is 14.2. The molecule has 9 heteroatoms. The zero-order valence-electron chi connectivity index (χ0n) is 19.2. The van der Waals surface area contributed by atoms with E-state index >= 15 is 0 Å². The number of para-hydroxylation sites is 1. The van der Waals surface area contributed by atoms with Crippen molar-refractivity contribution in [2.75, 3.05) is 7.11 Å². The highest BCUT2D eigenvalue weighted by Gasteiger charge is 2.30. The summed E-state index contributed by atoms with van der Waals surface area (Å²) in [7, 11) is -2.67. The van der Waals surface area contributed by atoms with Crippen LogP contribution in [0.15, 0.2) is 82.4 Å². The van der Waals surface area contributed by atoms with Crippen LogP contribution in [-0.2, 0) is 26.0 Å². The van der Waals surface area contributed by atoms with Crippen molar-refractivity contribution >= 4 is 49.6 Å². The molecule has 180 valence electrons. The van der Waals surface area contributed by atoms with Crippen LogP contribution in [-0.4, -0.2) is 25.5 Å². The first kappa shape index (κ1) is 24.0. The molecule has 0 aliphatic heterocycles. The van der Waals surface area contributed by atoms with Gasteiger partial charge in [0.2, 0.25) is 0 Å². The smallest absolute Gasteiger partial charge is 0.305 e. The molecule has 0 spiro atoms. The molecule has 3 heterocycles. The van der Waals surface area contributed by atoms with Gasteiger partial charge in [0.15, 0.2) is 0 Å². The van der Waals surface area contributed by atoms with Crippen LogP contribution in [0.5, 0.6) is 0 Å². The molecule has 5 rings (SSSR count). The van der Waals surface area contributed by atoms with Crippen molar-refractivity contribution < 1.29 is 17.9 Å². The lowest BCUT2D eigenvalue weighted by molar-refractivity contribution is -0.140. The van der Waals surface area contributed by atoms with Crippen molar-refractivity contribution in [2.45, 2.75) is 17.7 Å². The third-order valence-electron chi connectivity index (χ3n) is 5.93. The third kappa shape index (κ3) is 4.13. The molecule has 0 atom stereocenters. The summed E-state index contributed by atoms with van der Waals surface area (Å²) in [6, 6.07) is 21.8. The van der Waals surface area contributed by atoms with E-state index in [4.69, 9.17) is 4.74 Å². The van der Waals surface area contributed by atoms with Crippen LogP contribution in [0.4, 0.5) is 0 Å². The zero-order chi connectivity index (χ0) is 25.3. The fourth-order valence-corrected chi connectivity index (χ4v) is 7.30. The molecule has 0 bridgehead atoms. The first-order valence-electron chi connectivity index (χ1n) is 11.0. The molecule has 0 amide bonds. The summed E-state index contributed by atoms with van der Waals surface area (Å²) in [6.45, 7) is 0. The maximum Gasteiger partial charge on any atom is 0.305 e. The van der Waals surface area contributed by atoms with Crippen molar-refractivity contribution in [3.05, 3.63) is 87.9 Å². The topological polar surface area (TPSA) is 89.2 Å². The molecule has 2 aromatic carbocycles. The lowest BCUT2D eigenvalue weighted by Crippen LogP contribution is -2.14. The van der Waals surface area contributed by atoms with E-state index in [9.17, 15) is 18.5 Å². The van der Waals surface area contributed by atoms with E-state index in [-0.39, 0.29) is 17.3 Å². The molecule has 6 nitrogen and oxygen atoms in total. The minimum atomic E-state index is -4.01. The van der Waals surface area contributed by atoms with Gasteiger partial charge in [-0.25, -0.2) is 12.4 Å². The van der Waals surface area contributed by atoms with E-state index in [1.807, 2.05) is 47.2 Å². The van der Waals surface area contributed by atoms with Crippen LogP contribution in [0.25, 0.3) is 32.6 Å². The van der Waals surface area contributed by atoms with E-state index in [2.05, 4.69) is 6.07 Å². The standard InChI is InChI=1S/C27H20N2O4S3/c1-33-25(30)13-10-18-8-11-19(12-9-18)36(31,32)29-22-6-3-2-5-20(22)26(21-14-16-35-24(21)17-28)27(29)23-7-4-15-34-23/h2-9,11-12,14-16H,10,13H2,1H3. The van der Waals surface area contributed by atoms with Gasteiger partial charge >= 0.3 is 5.97 Å². The van der Waals surface area contributed by atoms with Gasteiger partial charge in [-0.1, -0.05) is 36.4 Å². The van der Waals surface area contributed by atoms with Crippen molar-refractivity contribution in [2.24, 2.45) is 0 Å². The van der Waals surface area contributed by atoms with Crippen molar-refractivity contribution in [3.8, 4) is 27.8 Å². The van der Waals surface area contributed by atoms with Gasteiger partial charge in [0.25, 0.3) is 10.0 Å². The summed E-state index contributed by atoms with van der Waals surface area (Å²) < 4.78 is 34.4. The average molecular weight is 533 g/mol. The number of carbonyl (C=O) groups excluding carboxylic acids is 1. The van der Waals surface area contributed by atoms with Crippen LogP contribution in [0.1, 0.15) is 16.9 Å². The summed E-state index contributed by atoms with van der Waals surface area (Å²) >= 11 is 2.78. The number of aryl methyl sites for hydroxylation is 1. The molecule has 0 N–H and O–H groups in total. The number of thiophene rings is 2. The van der Waals surface area contributed by atoms with Crippen molar-refractivity contribution in [1.29, 1.82) is 5.26 Å². The van der Waals surface area contributed by atoms with Crippen LogP contribution < -0.4 is 0 Å². The number of ether oxygens (including phenoxy) is 1. The molecule has 0 radical (unpaired) electrons. The Bertz CT molecular complexity index is 1710. The van der Waals surface area contributed by atoms with Crippen LogP contribution in [0.3, 0.4) is 0 Å². The summed E-state index contributed by atoms with van der Waals surface area (Å²) in [5.74, 6) is -0.316. The number of methoxy groups -OCH3 is 1. The van der Waals surface area contributed by atoms with Gasteiger partial charge in [0.05, 0.1) is 28.1 Å². The van der Waals surface area contributed by atoms with Crippen molar-refractivity contribution in [3.63, 3.8) is 0 Å². The number of rotatable bonds is 7. The number of aromatic nitrogens is 1. The molecular weight excluding hydrogens is 513 g/mol. The van der Waals surface area contributed by atoms with Gasteiger partial charge in [-0.2, -0.15) is 5.26 Å². The Morgan fingerprint density at radius 3 is 2.47 bits per heavy atom. The first-order valence-corrected chi connectivity index (χ1v) is 14.2. The number of nitriles is 1. The number of esters is 1. The number of nitrogens with zero attached hydrogens (tertiary/aromatic N) is 2. The predicted octanol–water partition coefficient (Wildman–Crippen LogP) is 6.31. The van der Waals surface area contributed by atoms with Crippen LogP contribution in [0.2, 0.25) is 0 Å². The largest absolute Gasteiger partial charge is 0.469 e. The van der Waals surface area contributed by atoms with E-state index in [1.54, 1.807) is 30.3 Å². The van der Waals surface area contributed by atoms with Gasteiger partial charge in [-0.15, -0.1) is 22.7 Å². The highest BCUT2D eigenvalue weighted by molar-refractivity contribution is 7.90. The van der Waals surface area contributed by atoms with E-state index in [1.165, 1.54) is 33.8 Å². The molecule has 0 unspecified atom stereocenters. The maximum absolute atomic E-state index is 14.2. The number of hydrogen-bond acceptors (Lipinski definition) is 7. The third-order valence-corrected chi connectivity index (χ3v) is 9.35. The predicted molar refractivity (Wildman–Crippen MR) is 143 cm³/mol. The van der Waals surface area contributed by atoms with Crippen LogP contribution in [0, 0.1) is 11.3 Å². The molecule has 3 aromatic heterocycles. The normalized spacial score (nSPS) is 11.4. The molecule has 0 aliphatic carbocycles. The monoisotopic (exact) mass is 532 g/mol. The number of carbonyl (C=O) groups is 1. The van der Waals surface area contributed by atoms with Gasteiger partial charge in [0.1, 0.15) is 10.9 Å². The van der Waals surface area contributed by atoms with Gasteiger partial charge in [-0.3, -0.25) is 4.79 Å². The second-order valence-electron chi connectivity index (χ2n) is 7.98. The number of hydrogen-bond donors (Lipinski definition) is 0. The Morgan fingerprint density at radius 1 is 1.00 bits per heavy atom. The Balaban J connectivity index is 1.73. The second kappa shape index (κ2) is 9.74. The fourth-order valence-electron chi connectivity index (χ4n) is 4.25. The minimum Gasteiger partial charge on any atom is -0.469 e. The van der Waals surface area contributed by atoms with Crippen LogP contribution >= 0.6 is 22.7 Å². The van der Waals surface area contributed by atoms with E-state index in [0.29, 0.717) is 28.1 Å². The highest BCUT2D eigenvalue weighted by atomic mass is 32.2. The Kier molecular flexibility index (Phi) is 6.49. The molecule has 0 aliphatic rings. The lowest BCUT2D eigenvalue weighted by Gasteiger charge is -2.13.